The third-order valence-electron chi connectivity index (χ3n) is 4.23. The number of benzene rings is 2. The average molecular weight is 379 g/mol. The van der Waals surface area contributed by atoms with Gasteiger partial charge in [-0.3, -0.25) is 0 Å². The van der Waals surface area contributed by atoms with Crippen LogP contribution in [0.15, 0.2) is 42.5 Å². The van der Waals surface area contributed by atoms with E-state index in [-0.39, 0.29) is 12.2 Å². The van der Waals surface area contributed by atoms with Crippen LogP contribution in [0, 0.1) is 0 Å². The van der Waals surface area contributed by atoms with Gasteiger partial charge in [0.2, 0.25) is 0 Å². The Bertz CT molecular complexity index is 1010. The number of hydrogen-bond donors (Lipinski definition) is 1. The maximum Gasteiger partial charge on any atom is 0.416 e. The summed E-state index contributed by atoms with van der Waals surface area (Å²) in [6, 6.07) is 9.47. The second kappa shape index (κ2) is 6.86. The Morgan fingerprint density at radius 3 is 2.44 bits per heavy atom. The third kappa shape index (κ3) is 3.55. The van der Waals surface area contributed by atoms with E-state index < -0.39 is 17.7 Å². The van der Waals surface area contributed by atoms with Gasteiger partial charge >= 0.3 is 12.1 Å². The highest BCUT2D eigenvalue weighted by Gasteiger charge is 2.30. The maximum absolute atomic E-state index is 13.0. The number of carboxylic acid groups (broad SMARTS) is 1. The minimum Gasteiger partial charge on any atom is -0.497 e. The molecule has 0 aliphatic heterocycles. The number of methoxy groups -OCH3 is 2. The predicted octanol–water partition coefficient (Wildman–Crippen LogP) is 4.42. The van der Waals surface area contributed by atoms with Gasteiger partial charge in [0.25, 0.3) is 0 Å². The first-order valence-electron chi connectivity index (χ1n) is 7.89. The Kier molecular flexibility index (Phi) is 4.73. The van der Waals surface area contributed by atoms with E-state index in [0.29, 0.717) is 28.0 Å². The van der Waals surface area contributed by atoms with Crippen molar-refractivity contribution < 1.29 is 32.5 Å². The molecule has 3 rings (SSSR count). The Morgan fingerprint density at radius 1 is 1.11 bits per heavy atom. The van der Waals surface area contributed by atoms with Crippen LogP contribution in [0.25, 0.3) is 10.9 Å². The number of rotatable bonds is 5. The Hall–Kier alpha value is -3.16. The van der Waals surface area contributed by atoms with E-state index in [0.717, 1.165) is 12.1 Å². The van der Waals surface area contributed by atoms with Gasteiger partial charge in [0.05, 0.1) is 25.3 Å². The lowest BCUT2D eigenvalue weighted by Gasteiger charge is -2.13. The van der Waals surface area contributed by atoms with E-state index in [1.807, 2.05) is 0 Å². The molecule has 8 heteroatoms. The second-order valence-electron chi connectivity index (χ2n) is 5.88. The fourth-order valence-electron chi connectivity index (χ4n) is 2.96. The van der Waals surface area contributed by atoms with E-state index in [9.17, 15) is 23.1 Å². The van der Waals surface area contributed by atoms with Crippen LogP contribution in [0.4, 0.5) is 13.2 Å². The van der Waals surface area contributed by atoms with Crippen molar-refractivity contribution in [1.29, 1.82) is 0 Å². The van der Waals surface area contributed by atoms with E-state index in [1.54, 1.807) is 12.1 Å². The fourth-order valence-corrected chi connectivity index (χ4v) is 2.96. The van der Waals surface area contributed by atoms with Crippen LogP contribution in [0.5, 0.6) is 11.5 Å². The summed E-state index contributed by atoms with van der Waals surface area (Å²) in [4.78, 5) is 11.7. The number of nitrogens with zero attached hydrogens (tertiary/aromatic N) is 1. The maximum atomic E-state index is 13.0. The molecule has 1 N–H and O–H groups in total. The van der Waals surface area contributed by atoms with Gasteiger partial charge in [0.15, 0.2) is 0 Å². The molecular formula is C19H16F3NO4. The molecule has 0 spiro atoms. The Balaban J connectivity index is 2.18. The quantitative estimate of drug-likeness (QED) is 0.713. The molecule has 3 aromatic rings. The molecule has 0 bridgehead atoms. The number of carboxylic acids is 1. The molecular weight excluding hydrogens is 363 g/mol. The van der Waals surface area contributed by atoms with Gasteiger partial charge in [-0.05, 0) is 23.8 Å². The van der Waals surface area contributed by atoms with Crippen LogP contribution in [-0.4, -0.2) is 29.9 Å². The van der Waals surface area contributed by atoms with Crippen LogP contribution in [0.1, 0.15) is 21.6 Å². The first-order chi connectivity index (χ1) is 12.7. The molecule has 5 nitrogen and oxygen atoms in total. The lowest BCUT2D eigenvalue weighted by Crippen LogP contribution is -2.11. The molecule has 0 saturated carbocycles. The molecule has 27 heavy (non-hydrogen) atoms. The molecule has 142 valence electrons. The number of aromatic nitrogens is 1. The summed E-state index contributed by atoms with van der Waals surface area (Å²) < 4.78 is 50.9. The molecule has 0 atom stereocenters. The molecule has 1 heterocycles. The van der Waals surface area contributed by atoms with E-state index >= 15 is 0 Å². The number of alkyl halides is 3. The smallest absolute Gasteiger partial charge is 0.416 e. The van der Waals surface area contributed by atoms with Gasteiger partial charge in [-0.1, -0.05) is 12.1 Å². The molecule has 0 radical (unpaired) electrons. The number of carbonyl (C=O) groups is 1. The summed E-state index contributed by atoms with van der Waals surface area (Å²) in [5.74, 6) is -0.339. The summed E-state index contributed by atoms with van der Waals surface area (Å²) in [5.41, 5.74) is -0.0370. The average Bonchev–Trinajstić information content (AvgIpc) is 2.99. The molecule has 0 aliphatic rings. The topological polar surface area (TPSA) is 60.7 Å². The van der Waals surface area contributed by atoms with Crippen molar-refractivity contribution in [2.24, 2.45) is 0 Å². The van der Waals surface area contributed by atoms with Crippen LogP contribution >= 0.6 is 0 Å². The minimum absolute atomic E-state index is 0.0502. The normalized spacial score (nSPS) is 11.6. The zero-order valence-corrected chi connectivity index (χ0v) is 14.5. The standard InChI is InChI=1S/C19H16F3NO4/c1-26-13-7-15-14(17(8-13)27-2)9-16(18(24)25)23(15)10-11-4-3-5-12(6-11)19(20,21)22/h3-9H,10H2,1-2H3,(H,24,25). The molecule has 0 fully saturated rings. The minimum atomic E-state index is -4.48. The first-order valence-corrected chi connectivity index (χ1v) is 7.89. The van der Waals surface area contributed by atoms with Crippen LogP contribution in [-0.2, 0) is 12.7 Å². The molecule has 0 unspecified atom stereocenters. The number of hydrogen-bond acceptors (Lipinski definition) is 3. The van der Waals surface area contributed by atoms with E-state index in [1.165, 1.54) is 37.0 Å². The lowest BCUT2D eigenvalue weighted by molar-refractivity contribution is -0.137. The summed E-state index contributed by atoms with van der Waals surface area (Å²) >= 11 is 0. The molecule has 0 saturated heterocycles. The molecule has 2 aromatic carbocycles. The summed E-state index contributed by atoms with van der Waals surface area (Å²) in [7, 11) is 2.90. The van der Waals surface area contributed by atoms with Crippen molar-refractivity contribution in [2.45, 2.75) is 12.7 Å². The van der Waals surface area contributed by atoms with Gasteiger partial charge in [-0.15, -0.1) is 0 Å². The van der Waals surface area contributed by atoms with Gasteiger partial charge in [0, 0.05) is 24.1 Å². The highest BCUT2D eigenvalue weighted by Crippen LogP contribution is 2.35. The van der Waals surface area contributed by atoms with Crippen molar-refractivity contribution in [3.8, 4) is 11.5 Å². The van der Waals surface area contributed by atoms with Crippen molar-refractivity contribution in [3.05, 3.63) is 59.3 Å². The van der Waals surface area contributed by atoms with Gasteiger partial charge < -0.3 is 19.1 Å². The highest BCUT2D eigenvalue weighted by atomic mass is 19.4. The van der Waals surface area contributed by atoms with Gasteiger partial charge in [-0.25, -0.2) is 4.79 Å². The third-order valence-corrected chi connectivity index (χ3v) is 4.23. The predicted molar refractivity (Wildman–Crippen MR) is 92.5 cm³/mol. The number of ether oxygens (including phenoxy) is 2. The highest BCUT2D eigenvalue weighted by molar-refractivity contribution is 5.97. The lowest BCUT2D eigenvalue weighted by atomic mass is 10.1. The Labute approximate surface area is 152 Å². The van der Waals surface area contributed by atoms with Crippen molar-refractivity contribution >= 4 is 16.9 Å². The van der Waals surface area contributed by atoms with E-state index in [2.05, 4.69) is 0 Å². The monoisotopic (exact) mass is 379 g/mol. The van der Waals surface area contributed by atoms with Gasteiger partial charge in [0.1, 0.15) is 17.2 Å². The van der Waals surface area contributed by atoms with E-state index in [4.69, 9.17) is 9.47 Å². The molecule has 0 amide bonds. The number of halogens is 3. The zero-order valence-electron chi connectivity index (χ0n) is 14.5. The summed E-state index contributed by atoms with van der Waals surface area (Å²) in [6.07, 6.45) is -4.48. The first kappa shape index (κ1) is 18.6. The van der Waals surface area contributed by atoms with Crippen LogP contribution in [0.2, 0.25) is 0 Å². The number of aromatic carboxylic acids is 1. The summed E-state index contributed by atoms with van der Waals surface area (Å²) in [6.45, 7) is -0.0502. The van der Waals surface area contributed by atoms with Crippen LogP contribution < -0.4 is 9.47 Å². The van der Waals surface area contributed by atoms with Crippen LogP contribution in [0.3, 0.4) is 0 Å². The second-order valence-corrected chi connectivity index (χ2v) is 5.88. The number of fused-ring (bicyclic) bond motifs is 1. The Morgan fingerprint density at radius 2 is 1.85 bits per heavy atom. The van der Waals surface area contributed by atoms with Gasteiger partial charge in [-0.2, -0.15) is 13.2 Å². The fraction of sp³-hybridized carbons (Fsp3) is 0.211. The van der Waals surface area contributed by atoms with Crippen molar-refractivity contribution in [1.82, 2.24) is 4.57 Å². The largest absolute Gasteiger partial charge is 0.497 e. The molecule has 0 aliphatic carbocycles. The van der Waals surface area contributed by atoms with Crippen molar-refractivity contribution in [3.63, 3.8) is 0 Å². The molecule has 1 aromatic heterocycles. The van der Waals surface area contributed by atoms with Crippen molar-refractivity contribution in [2.75, 3.05) is 14.2 Å². The zero-order chi connectivity index (χ0) is 19.8. The summed E-state index contributed by atoms with van der Waals surface area (Å²) in [5, 5.41) is 10.1. The SMILES string of the molecule is COc1cc(OC)c2cc(C(=O)O)n(Cc3cccc(C(F)(F)F)c3)c2c1.